The first-order valence-corrected chi connectivity index (χ1v) is 6.88. The van der Waals surface area contributed by atoms with Gasteiger partial charge >= 0.3 is 0 Å². The molecule has 0 aliphatic heterocycles. The molecule has 0 radical (unpaired) electrons. The molecule has 92 valence electrons. The number of thiophene rings is 1. The highest BCUT2D eigenvalue weighted by Gasteiger charge is 2.14. The Kier molecular flexibility index (Phi) is 4.00. The number of hydrogen-bond donors (Lipinski definition) is 1. The number of benzene rings is 1. The molecule has 5 heteroatoms. The molecule has 0 aliphatic rings. The van der Waals surface area contributed by atoms with Gasteiger partial charge in [0.05, 0.1) is 6.07 Å². The highest BCUT2D eigenvalue weighted by atomic mass is 79.9. The Labute approximate surface area is 117 Å². The summed E-state index contributed by atoms with van der Waals surface area (Å²) < 4.78 is 13.8. The molecule has 18 heavy (non-hydrogen) atoms. The first-order valence-electron chi connectivity index (χ1n) is 5.27. The summed E-state index contributed by atoms with van der Waals surface area (Å²) in [6, 6.07) is 9.69. The second kappa shape index (κ2) is 5.51. The predicted molar refractivity (Wildman–Crippen MR) is 75.1 cm³/mol. The Balaban J connectivity index is 2.20. The molecule has 0 bridgehead atoms. The molecule has 1 aromatic heterocycles. The Morgan fingerprint density at radius 2 is 2.06 bits per heavy atom. The summed E-state index contributed by atoms with van der Waals surface area (Å²) in [6.07, 6.45) is 0. The number of nitriles is 1. The summed E-state index contributed by atoms with van der Waals surface area (Å²) in [7, 11) is 0. The minimum Gasteiger partial charge on any atom is -0.366 e. The second-order valence-electron chi connectivity index (χ2n) is 3.77. The fourth-order valence-corrected chi connectivity index (χ4v) is 3.06. The van der Waals surface area contributed by atoms with Crippen molar-refractivity contribution in [1.29, 1.82) is 5.26 Å². The van der Waals surface area contributed by atoms with Crippen molar-refractivity contribution in [3.05, 3.63) is 50.4 Å². The van der Waals surface area contributed by atoms with E-state index in [1.807, 2.05) is 13.0 Å². The molecular weight excluding hydrogens is 315 g/mol. The smallest absolute Gasteiger partial charge is 0.149 e. The number of rotatable bonds is 3. The van der Waals surface area contributed by atoms with E-state index < -0.39 is 6.04 Å². The van der Waals surface area contributed by atoms with Gasteiger partial charge in [-0.3, -0.25) is 0 Å². The summed E-state index contributed by atoms with van der Waals surface area (Å²) in [5, 5.41) is 12.3. The molecule has 0 saturated carbocycles. The van der Waals surface area contributed by atoms with Crippen molar-refractivity contribution in [2.45, 2.75) is 13.0 Å². The number of aryl methyl sites for hydroxylation is 1. The van der Waals surface area contributed by atoms with E-state index in [0.717, 1.165) is 19.9 Å². The van der Waals surface area contributed by atoms with Gasteiger partial charge in [-0.2, -0.15) is 5.26 Å². The van der Waals surface area contributed by atoms with Gasteiger partial charge in [-0.05, 0) is 53.2 Å². The molecule has 2 aromatic rings. The van der Waals surface area contributed by atoms with E-state index in [2.05, 4.69) is 27.3 Å². The van der Waals surface area contributed by atoms with Gasteiger partial charge in [0.2, 0.25) is 0 Å². The van der Waals surface area contributed by atoms with Crippen LogP contribution >= 0.6 is 27.3 Å². The van der Waals surface area contributed by atoms with Crippen LogP contribution in [-0.4, -0.2) is 0 Å². The third kappa shape index (κ3) is 2.89. The zero-order valence-electron chi connectivity index (χ0n) is 9.58. The summed E-state index contributed by atoms with van der Waals surface area (Å²) in [5.74, 6) is -0.288. The van der Waals surface area contributed by atoms with E-state index in [0.29, 0.717) is 0 Å². The van der Waals surface area contributed by atoms with E-state index in [1.165, 1.54) is 12.1 Å². The maximum absolute atomic E-state index is 12.8. The highest BCUT2D eigenvalue weighted by molar-refractivity contribution is 9.10. The standard InChI is InChI=1S/C13H10BrFN2S/c1-8-11(14)6-13(18-8)12(7-16)17-10-4-2-9(15)3-5-10/h2-6,12,17H,1H3. The monoisotopic (exact) mass is 324 g/mol. The van der Waals surface area contributed by atoms with E-state index in [1.54, 1.807) is 23.5 Å². The van der Waals surface area contributed by atoms with Gasteiger partial charge in [-0.25, -0.2) is 4.39 Å². The Morgan fingerprint density at radius 3 is 2.56 bits per heavy atom. The fraction of sp³-hybridized carbons (Fsp3) is 0.154. The number of halogens is 2. The van der Waals surface area contributed by atoms with Gasteiger partial charge in [0.1, 0.15) is 11.9 Å². The molecule has 1 N–H and O–H groups in total. The van der Waals surface area contributed by atoms with E-state index in [-0.39, 0.29) is 5.82 Å². The summed E-state index contributed by atoms with van der Waals surface area (Å²) >= 11 is 5.00. The summed E-state index contributed by atoms with van der Waals surface area (Å²) in [5.41, 5.74) is 0.727. The van der Waals surface area contributed by atoms with Gasteiger partial charge in [-0.1, -0.05) is 0 Å². The number of hydrogen-bond acceptors (Lipinski definition) is 3. The van der Waals surface area contributed by atoms with Crippen LogP contribution in [0.3, 0.4) is 0 Å². The van der Waals surface area contributed by atoms with Crippen LogP contribution in [0.4, 0.5) is 10.1 Å². The van der Waals surface area contributed by atoms with Gasteiger partial charge in [0.25, 0.3) is 0 Å². The van der Waals surface area contributed by atoms with Gasteiger partial charge in [0, 0.05) is 19.9 Å². The van der Waals surface area contributed by atoms with Crippen LogP contribution < -0.4 is 5.32 Å². The molecule has 0 saturated heterocycles. The SMILES string of the molecule is Cc1sc(C(C#N)Nc2ccc(F)cc2)cc1Br. The molecule has 0 spiro atoms. The normalized spacial score (nSPS) is 11.9. The first-order chi connectivity index (χ1) is 8.60. The molecule has 1 aromatic carbocycles. The Hall–Kier alpha value is -1.38. The number of anilines is 1. The third-order valence-electron chi connectivity index (χ3n) is 2.45. The predicted octanol–water partition coefficient (Wildman–Crippen LogP) is 4.63. The average Bonchev–Trinajstić information content (AvgIpc) is 2.69. The molecule has 1 atom stereocenters. The lowest BCUT2D eigenvalue weighted by Crippen LogP contribution is -2.06. The van der Waals surface area contributed by atoms with E-state index in [9.17, 15) is 9.65 Å². The zero-order valence-corrected chi connectivity index (χ0v) is 12.0. The molecule has 2 rings (SSSR count). The van der Waals surface area contributed by atoms with Crippen molar-refractivity contribution in [2.24, 2.45) is 0 Å². The minimum atomic E-state index is -0.425. The lowest BCUT2D eigenvalue weighted by Gasteiger charge is -2.10. The largest absolute Gasteiger partial charge is 0.366 e. The Bertz CT molecular complexity index is 567. The summed E-state index contributed by atoms with van der Waals surface area (Å²) in [6.45, 7) is 1.99. The maximum atomic E-state index is 12.8. The van der Waals surface area contributed by atoms with Crippen molar-refractivity contribution >= 4 is 33.0 Å². The molecule has 1 unspecified atom stereocenters. The van der Waals surface area contributed by atoms with Crippen LogP contribution in [0.15, 0.2) is 34.8 Å². The van der Waals surface area contributed by atoms with Crippen LogP contribution in [0.2, 0.25) is 0 Å². The molecule has 0 amide bonds. The number of nitrogens with one attached hydrogen (secondary N) is 1. The molecule has 1 heterocycles. The minimum absolute atomic E-state index is 0.288. The van der Waals surface area contributed by atoms with E-state index >= 15 is 0 Å². The van der Waals surface area contributed by atoms with Crippen LogP contribution in [0, 0.1) is 24.1 Å². The van der Waals surface area contributed by atoms with Crippen LogP contribution in [0.25, 0.3) is 0 Å². The van der Waals surface area contributed by atoms with E-state index in [4.69, 9.17) is 0 Å². The summed E-state index contributed by atoms with van der Waals surface area (Å²) in [4.78, 5) is 2.07. The first kappa shape index (κ1) is 13.1. The van der Waals surface area contributed by atoms with Crippen molar-refractivity contribution in [2.75, 3.05) is 5.32 Å². The molecule has 2 nitrogen and oxygen atoms in total. The van der Waals surface area contributed by atoms with Crippen LogP contribution in [0.5, 0.6) is 0 Å². The van der Waals surface area contributed by atoms with Crippen LogP contribution in [0.1, 0.15) is 15.8 Å². The fourth-order valence-electron chi connectivity index (χ4n) is 1.50. The Morgan fingerprint density at radius 1 is 1.39 bits per heavy atom. The zero-order chi connectivity index (χ0) is 13.1. The van der Waals surface area contributed by atoms with Crippen molar-refractivity contribution in [3.8, 4) is 6.07 Å². The quantitative estimate of drug-likeness (QED) is 0.893. The van der Waals surface area contributed by atoms with Crippen LogP contribution in [-0.2, 0) is 0 Å². The van der Waals surface area contributed by atoms with Gasteiger partial charge in [-0.15, -0.1) is 11.3 Å². The van der Waals surface area contributed by atoms with Crippen molar-refractivity contribution < 1.29 is 4.39 Å². The molecular formula is C13H10BrFN2S. The van der Waals surface area contributed by atoms with Crippen molar-refractivity contribution in [3.63, 3.8) is 0 Å². The second-order valence-corrected chi connectivity index (χ2v) is 5.91. The molecule has 0 aliphatic carbocycles. The highest BCUT2D eigenvalue weighted by Crippen LogP contribution is 2.32. The third-order valence-corrected chi connectivity index (χ3v) is 4.65. The number of nitrogens with zero attached hydrogens (tertiary/aromatic N) is 1. The van der Waals surface area contributed by atoms with Crippen molar-refractivity contribution in [1.82, 2.24) is 0 Å². The topological polar surface area (TPSA) is 35.8 Å². The lowest BCUT2D eigenvalue weighted by molar-refractivity contribution is 0.628. The van der Waals surface area contributed by atoms with Gasteiger partial charge in [0.15, 0.2) is 0 Å². The molecule has 0 fully saturated rings. The maximum Gasteiger partial charge on any atom is 0.149 e. The average molecular weight is 325 g/mol. The van der Waals surface area contributed by atoms with Gasteiger partial charge < -0.3 is 5.32 Å². The lowest BCUT2D eigenvalue weighted by atomic mass is 10.2.